The van der Waals surface area contributed by atoms with Gasteiger partial charge in [0.05, 0.1) is 0 Å². The van der Waals surface area contributed by atoms with E-state index < -0.39 is 0 Å². The van der Waals surface area contributed by atoms with Crippen molar-refractivity contribution < 1.29 is 7.96 Å². The van der Waals surface area contributed by atoms with Crippen molar-refractivity contribution in [2.75, 3.05) is 0 Å². The van der Waals surface area contributed by atoms with Crippen LogP contribution in [0.5, 0.6) is 5.75 Å². The van der Waals surface area contributed by atoms with Crippen LogP contribution in [0.3, 0.4) is 0 Å². The Balaban J connectivity index is -0.0000000935. The Morgan fingerprint density at radius 3 is 1.56 bits per heavy atom. The molecule has 0 saturated heterocycles. The van der Waals surface area contributed by atoms with Crippen LogP contribution in [0.4, 0.5) is 0 Å². The summed E-state index contributed by atoms with van der Waals surface area (Å²) in [5.41, 5.74) is 0. The zero-order valence-corrected chi connectivity index (χ0v) is 13.0. The van der Waals surface area contributed by atoms with Crippen molar-refractivity contribution in [2.24, 2.45) is 0 Å². The standard InChI is InChI=1S/C8H18.C6H6O.Ca.2H/c1-3-5-7-8-6-4-2;7-6-4-2-1-3-5-6;;;/h3-8H2,1-2H3;1-5,7H;;;/q;;+2;2*-1. The van der Waals surface area contributed by atoms with Crippen molar-refractivity contribution in [1.82, 2.24) is 0 Å². The molecule has 0 radical (unpaired) electrons. The van der Waals surface area contributed by atoms with Crippen molar-refractivity contribution in [3.05, 3.63) is 30.3 Å². The fraction of sp³-hybridized carbons (Fsp3) is 0.571. The third-order valence-electron chi connectivity index (χ3n) is 2.21. The maximum absolute atomic E-state index is 8.63. The Labute approximate surface area is 133 Å². The van der Waals surface area contributed by atoms with Crippen LogP contribution in [-0.2, 0) is 0 Å². The van der Waals surface area contributed by atoms with E-state index in [1.807, 2.05) is 6.07 Å². The average molecular weight is 250 g/mol. The van der Waals surface area contributed by atoms with Gasteiger partial charge in [-0.1, -0.05) is 70.6 Å². The third-order valence-corrected chi connectivity index (χ3v) is 2.21. The van der Waals surface area contributed by atoms with Gasteiger partial charge >= 0.3 is 37.7 Å². The van der Waals surface area contributed by atoms with Gasteiger partial charge in [0.2, 0.25) is 0 Å². The van der Waals surface area contributed by atoms with Crippen LogP contribution in [0.2, 0.25) is 0 Å². The van der Waals surface area contributed by atoms with Gasteiger partial charge in [0.15, 0.2) is 0 Å². The number of unbranched alkanes of at least 4 members (excludes halogenated alkanes) is 5. The summed E-state index contributed by atoms with van der Waals surface area (Å²) in [5, 5.41) is 8.63. The first kappa shape index (κ1) is 18.6. The van der Waals surface area contributed by atoms with Gasteiger partial charge in [0, 0.05) is 0 Å². The summed E-state index contributed by atoms with van der Waals surface area (Å²) in [5.74, 6) is 0.322. The normalized spacial score (nSPS) is 8.62. The zero-order valence-electron chi connectivity index (χ0n) is 12.8. The van der Waals surface area contributed by atoms with Gasteiger partial charge in [-0.25, -0.2) is 0 Å². The van der Waals surface area contributed by atoms with E-state index in [9.17, 15) is 0 Å². The SMILES string of the molecule is CCCCCCCC.Oc1ccccc1.[Ca+2].[H-].[H-]. The van der Waals surface area contributed by atoms with E-state index in [1.165, 1.54) is 38.5 Å². The van der Waals surface area contributed by atoms with Gasteiger partial charge in [-0.05, 0) is 12.1 Å². The number of phenolic OH excluding ortho intramolecular Hbond substituents is 1. The van der Waals surface area contributed by atoms with E-state index in [0.717, 1.165) is 0 Å². The van der Waals surface area contributed by atoms with Gasteiger partial charge in [0.25, 0.3) is 0 Å². The largest absolute Gasteiger partial charge is 2.00 e. The molecule has 0 atom stereocenters. The molecule has 0 aliphatic carbocycles. The molecule has 0 aliphatic heterocycles. The number of hydrogen-bond donors (Lipinski definition) is 1. The first-order chi connectivity index (χ1) is 7.31. The second-order valence-corrected chi connectivity index (χ2v) is 3.75. The number of para-hydroxylation sites is 1. The van der Waals surface area contributed by atoms with Gasteiger partial charge in [0.1, 0.15) is 5.75 Å². The number of aromatic hydroxyl groups is 1. The molecule has 1 aromatic carbocycles. The quantitative estimate of drug-likeness (QED) is 0.598. The minimum atomic E-state index is 0. The number of phenols is 1. The molecule has 90 valence electrons. The molecule has 0 heterocycles. The summed E-state index contributed by atoms with van der Waals surface area (Å²) < 4.78 is 0. The van der Waals surface area contributed by atoms with Gasteiger partial charge in [-0.2, -0.15) is 0 Å². The monoisotopic (exact) mass is 250 g/mol. The molecule has 1 nitrogen and oxygen atoms in total. The molecule has 0 spiro atoms. The molecule has 16 heavy (non-hydrogen) atoms. The van der Waals surface area contributed by atoms with Crippen LogP contribution in [0.15, 0.2) is 30.3 Å². The Morgan fingerprint density at radius 1 is 0.875 bits per heavy atom. The van der Waals surface area contributed by atoms with Crippen LogP contribution < -0.4 is 0 Å². The van der Waals surface area contributed by atoms with E-state index in [2.05, 4.69) is 13.8 Å². The fourth-order valence-corrected chi connectivity index (χ4v) is 1.28. The Morgan fingerprint density at radius 2 is 1.31 bits per heavy atom. The first-order valence-corrected chi connectivity index (χ1v) is 6.05. The molecule has 0 fully saturated rings. The maximum Gasteiger partial charge on any atom is 2.00 e. The molecule has 0 amide bonds. The second-order valence-electron chi connectivity index (χ2n) is 3.75. The predicted octanol–water partition coefficient (Wildman–Crippen LogP) is 4.60. The first-order valence-electron chi connectivity index (χ1n) is 6.05. The van der Waals surface area contributed by atoms with E-state index in [0.29, 0.717) is 5.75 Å². The molecule has 1 N–H and O–H groups in total. The average Bonchev–Trinajstić information content (AvgIpc) is 2.27. The minimum Gasteiger partial charge on any atom is -1.00 e. The van der Waals surface area contributed by atoms with E-state index in [-0.39, 0.29) is 40.6 Å². The van der Waals surface area contributed by atoms with Crippen LogP contribution in [0.1, 0.15) is 55.2 Å². The van der Waals surface area contributed by atoms with Crippen LogP contribution in [0, 0.1) is 0 Å². The third kappa shape index (κ3) is 14.3. The molecule has 2 heteroatoms. The summed E-state index contributed by atoms with van der Waals surface area (Å²) in [4.78, 5) is 0. The van der Waals surface area contributed by atoms with Crippen LogP contribution in [-0.4, -0.2) is 42.8 Å². The Hall–Kier alpha value is 0.280. The van der Waals surface area contributed by atoms with Crippen molar-refractivity contribution in [1.29, 1.82) is 0 Å². The Kier molecular flexibility index (Phi) is 17.8. The van der Waals surface area contributed by atoms with Crippen LogP contribution in [0.25, 0.3) is 0 Å². The molecule has 0 unspecified atom stereocenters. The Bertz CT molecular complexity index is 214. The maximum atomic E-state index is 8.63. The molecule has 1 aromatic rings. The van der Waals surface area contributed by atoms with Gasteiger partial charge in [-0.3, -0.25) is 0 Å². The number of benzene rings is 1. The van der Waals surface area contributed by atoms with Crippen molar-refractivity contribution in [3.63, 3.8) is 0 Å². The molecular formula is C14H26CaO. The predicted molar refractivity (Wildman–Crippen MR) is 75.1 cm³/mol. The van der Waals surface area contributed by atoms with E-state index >= 15 is 0 Å². The minimum absolute atomic E-state index is 0. The summed E-state index contributed by atoms with van der Waals surface area (Å²) in [6, 6.07) is 8.71. The summed E-state index contributed by atoms with van der Waals surface area (Å²) in [6.07, 6.45) is 8.49. The molecular weight excluding hydrogens is 224 g/mol. The van der Waals surface area contributed by atoms with Crippen molar-refractivity contribution in [3.8, 4) is 5.75 Å². The van der Waals surface area contributed by atoms with Gasteiger partial charge < -0.3 is 7.96 Å². The van der Waals surface area contributed by atoms with Crippen molar-refractivity contribution >= 4 is 37.7 Å². The fourth-order valence-electron chi connectivity index (χ4n) is 1.28. The van der Waals surface area contributed by atoms with Gasteiger partial charge in [-0.15, -0.1) is 0 Å². The summed E-state index contributed by atoms with van der Waals surface area (Å²) in [6.45, 7) is 4.51. The molecule has 0 bridgehead atoms. The van der Waals surface area contributed by atoms with E-state index in [4.69, 9.17) is 5.11 Å². The topological polar surface area (TPSA) is 20.2 Å². The molecule has 0 aliphatic rings. The number of hydrogen-bond acceptors (Lipinski definition) is 1. The van der Waals surface area contributed by atoms with Crippen molar-refractivity contribution in [2.45, 2.75) is 52.4 Å². The summed E-state index contributed by atoms with van der Waals surface area (Å²) in [7, 11) is 0. The molecule has 0 aromatic heterocycles. The van der Waals surface area contributed by atoms with Crippen LogP contribution >= 0.6 is 0 Å². The zero-order chi connectivity index (χ0) is 11.4. The number of rotatable bonds is 5. The summed E-state index contributed by atoms with van der Waals surface area (Å²) >= 11 is 0. The second kappa shape index (κ2) is 15.3. The van der Waals surface area contributed by atoms with E-state index in [1.54, 1.807) is 24.3 Å². The smallest absolute Gasteiger partial charge is 1.00 e. The molecule has 0 saturated carbocycles. The molecule has 1 rings (SSSR count).